The molecule has 3 rings (SSSR count). The van der Waals surface area contributed by atoms with Gasteiger partial charge in [-0.05, 0) is 38.5 Å². The fraction of sp³-hybridized carbons (Fsp3) is 0.833. The van der Waals surface area contributed by atoms with Crippen LogP contribution in [0.15, 0.2) is 0 Å². The van der Waals surface area contributed by atoms with E-state index in [4.69, 9.17) is 9.47 Å². The maximum Gasteiger partial charge on any atom is 0.308 e. The van der Waals surface area contributed by atoms with Gasteiger partial charge in [-0.3, -0.25) is 14.4 Å². The van der Waals surface area contributed by atoms with Crippen LogP contribution in [0.25, 0.3) is 0 Å². The van der Waals surface area contributed by atoms with Crippen molar-refractivity contribution in [3.05, 3.63) is 0 Å². The summed E-state index contributed by atoms with van der Waals surface area (Å²) in [5.74, 6) is -0.541. The van der Waals surface area contributed by atoms with E-state index in [1.807, 2.05) is 0 Å². The van der Waals surface area contributed by atoms with Crippen LogP contribution < -0.4 is 0 Å². The molecule has 3 aliphatic carbocycles. The monoisotopic (exact) mass is 322 g/mol. The molecule has 0 heterocycles. The molecule has 0 amide bonds. The Morgan fingerprint density at radius 3 is 2.61 bits per heavy atom. The molecule has 0 aliphatic heterocycles. The van der Waals surface area contributed by atoms with Gasteiger partial charge in [-0.25, -0.2) is 0 Å². The van der Waals surface area contributed by atoms with Crippen molar-refractivity contribution in [2.24, 2.45) is 23.2 Å². The highest BCUT2D eigenvalue weighted by Crippen LogP contribution is 2.57. The molecule has 23 heavy (non-hydrogen) atoms. The molecule has 128 valence electrons. The first-order valence-corrected chi connectivity index (χ1v) is 8.77. The van der Waals surface area contributed by atoms with Crippen molar-refractivity contribution in [1.82, 2.24) is 0 Å². The topological polar surface area (TPSA) is 69.7 Å². The van der Waals surface area contributed by atoms with Crippen molar-refractivity contribution < 1.29 is 23.9 Å². The lowest BCUT2D eigenvalue weighted by molar-refractivity contribution is -0.152. The molecule has 0 N–H and O–H groups in total. The van der Waals surface area contributed by atoms with Crippen LogP contribution in [0.5, 0.6) is 0 Å². The highest BCUT2D eigenvalue weighted by Gasteiger charge is 2.58. The number of ether oxygens (including phenoxy) is 2. The van der Waals surface area contributed by atoms with Crippen molar-refractivity contribution in [3.63, 3.8) is 0 Å². The molecule has 1 spiro atoms. The number of ketones is 1. The number of hydrogen-bond donors (Lipinski definition) is 0. The molecule has 3 saturated carbocycles. The highest BCUT2D eigenvalue weighted by atomic mass is 16.5. The normalized spacial score (nSPS) is 39.8. The zero-order valence-electron chi connectivity index (χ0n) is 14.0. The summed E-state index contributed by atoms with van der Waals surface area (Å²) in [6, 6.07) is 0. The Balaban J connectivity index is 1.97. The fourth-order valence-corrected chi connectivity index (χ4v) is 5.31. The van der Waals surface area contributed by atoms with E-state index in [9.17, 15) is 14.4 Å². The molecular weight excluding hydrogens is 296 g/mol. The second-order valence-corrected chi connectivity index (χ2v) is 7.45. The Morgan fingerprint density at radius 1 is 1.13 bits per heavy atom. The van der Waals surface area contributed by atoms with Gasteiger partial charge in [0, 0.05) is 24.2 Å². The van der Waals surface area contributed by atoms with Crippen LogP contribution in [-0.4, -0.2) is 30.9 Å². The molecule has 5 atom stereocenters. The van der Waals surface area contributed by atoms with Gasteiger partial charge >= 0.3 is 11.9 Å². The second kappa shape index (κ2) is 6.25. The lowest BCUT2D eigenvalue weighted by atomic mass is 9.69. The molecule has 3 aliphatic rings. The third-order valence-corrected chi connectivity index (χ3v) is 6.28. The summed E-state index contributed by atoms with van der Waals surface area (Å²) in [5, 5.41) is 0. The summed E-state index contributed by atoms with van der Waals surface area (Å²) in [6.45, 7) is 1.41. The van der Waals surface area contributed by atoms with Crippen molar-refractivity contribution >= 4 is 17.7 Å². The summed E-state index contributed by atoms with van der Waals surface area (Å²) < 4.78 is 10.5. The zero-order valence-corrected chi connectivity index (χ0v) is 14.0. The van der Waals surface area contributed by atoms with Gasteiger partial charge in [0.05, 0.1) is 13.0 Å². The van der Waals surface area contributed by atoms with Crippen LogP contribution in [0.4, 0.5) is 0 Å². The molecule has 5 nitrogen and oxygen atoms in total. The number of fused-ring (bicyclic) bond motifs is 1. The lowest BCUT2D eigenvalue weighted by Crippen LogP contribution is -2.39. The van der Waals surface area contributed by atoms with Gasteiger partial charge in [-0.1, -0.05) is 12.8 Å². The fourth-order valence-electron chi connectivity index (χ4n) is 5.31. The summed E-state index contributed by atoms with van der Waals surface area (Å²) in [6.07, 6.45) is 6.32. The van der Waals surface area contributed by atoms with Crippen LogP contribution in [0.1, 0.15) is 58.3 Å². The zero-order chi connectivity index (χ0) is 16.6. The number of hydrogen-bond acceptors (Lipinski definition) is 5. The van der Waals surface area contributed by atoms with Crippen LogP contribution in [0.2, 0.25) is 0 Å². The quantitative estimate of drug-likeness (QED) is 0.731. The van der Waals surface area contributed by atoms with E-state index < -0.39 is 0 Å². The minimum Gasteiger partial charge on any atom is -0.469 e. The smallest absolute Gasteiger partial charge is 0.308 e. The minimum atomic E-state index is -0.385. The van der Waals surface area contributed by atoms with E-state index in [0.717, 1.165) is 38.5 Å². The Hall–Kier alpha value is -1.39. The SMILES string of the molecule is COC(=O)[C@@H]1C[C@H]2CCCCC3(CC[C@@H](OC(C)=O)[C@H]3C1)C2=O. The average Bonchev–Trinajstić information content (AvgIpc) is 2.71. The van der Waals surface area contributed by atoms with E-state index in [1.54, 1.807) is 0 Å². The predicted molar refractivity (Wildman–Crippen MR) is 82.4 cm³/mol. The van der Waals surface area contributed by atoms with Gasteiger partial charge < -0.3 is 9.47 Å². The summed E-state index contributed by atoms with van der Waals surface area (Å²) in [4.78, 5) is 36.9. The van der Waals surface area contributed by atoms with Gasteiger partial charge in [-0.15, -0.1) is 0 Å². The number of carbonyl (C=O) groups excluding carboxylic acids is 3. The van der Waals surface area contributed by atoms with Crippen molar-refractivity contribution in [2.45, 2.75) is 64.4 Å². The van der Waals surface area contributed by atoms with E-state index in [2.05, 4.69) is 0 Å². The van der Waals surface area contributed by atoms with E-state index in [1.165, 1.54) is 14.0 Å². The van der Waals surface area contributed by atoms with E-state index in [-0.39, 0.29) is 41.2 Å². The van der Waals surface area contributed by atoms with Gasteiger partial charge in [0.1, 0.15) is 11.9 Å². The van der Waals surface area contributed by atoms with Gasteiger partial charge in [0.25, 0.3) is 0 Å². The molecule has 5 heteroatoms. The van der Waals surface area contributed by atoms with Gasteiger partial charge in [0.2, 0.25) is 0 Å². The maximum atomic E-state index is 13.2. The number of carbonyl (C=O) groups is 3. The minimum absolute atomic E-state index is 0.0360. The summed E-state index contributed by atoms with van der Waals surface area (Å²) >= 11 is 0. The second-order valence-electron chi connectivity index (χ2n) is 7.45. The average molecular weight is 322 g/mol. The van der Waals surface area contributed by atoms with E-state index >= 15 is 0 Å². The standard InChI is InChI=1S/C18H26O5/c1-11(19)23-15-6-8-18-7-4-3-5-12(16(18)20)9-13(10-14(15)18)17(21)22-2/h12-15H,3-10H2,1-2H3/t12-,13-,14-,15-,18?/m1/s1. The summed E-state index contributed by atoms with van der Waals surface area (Å²) in [7, 11) is 1.40. The van der Waals surface area contributed by atoms with E-state index in [0.29, 0.717) is 18.6 Å². The number of esters is 2. The predicted octanol–water partition coefficient (Wildman–Crippen LogP) is 2.66. The molecular formula is C18H26O5. The Bertz CT molecular complexity index is 514. The molecule has 0 aromatic heterocycles. The number of methoxy groups -OCH3 is 1. The molecule has 0 aromatic carbocycles. The number of rotatable bonds is 2. The molecule has 3 fully saturated rings. The van der Waals surface area contributed by atoms with Crippen LogP contribution in [-0.2, 0) is 23.9 Å². The number of Topliss-reactive ketones (excluding diaryl/α,β-unsaturated/α-hetero) is 1. The Kier molecular flexibility index (Phi) is 4.47. The molecule has 2 bridgehead atoms. The van der Waals surface area contributed by atoms with Gasteiger partial charge in [-0.2, -0.15) is 0 Å². The molecule has 1 unspecified atom stereocenters. The molecule has 0 radical (unpaired) electrons. The van der Waals surface area contributed by atoms with Crippen molar-refractivity contribution in [3.8, 4) is 0 Å². The third kappa shape index (κ3) is 2.79. The maximum absolute atomic E-state index is 13.2. The van der Waals surface area contributed by atoms with Gasteiger partial charge in [0.15, 0.2) is 0 Å². The molecule has 0 saturated heterocycles. The van der Waals surface area contributed by atoms with Crippen molar-refractivity contribution in [1.29, 1.82) is 0 Å². The highest BCUT2D eigenvalue weighted by molar-refractivity contribution is 5.89. The Labute approximate surface area is 137 Å². The third-order valence-electron chi connectivity index (χ3n) is 6.28. The first-order chi connectivity index (χ1) is 11.0. The van der Waals surface area contributed by atoms with Crippen LogP contribution in [0, 0.1) is 23.2 Å². The first kappa shape index (κ1) is 16.5. The van der Waals surface area contributed by atoms with Crippen LogP contribution >= 0.6 is 0 Å². The van der Waals surface area contributed by atoms with Crippen LogP contribution in [0.3, 0.4) is 0 Å². The lowest BCUT2D eigenvalue weighted by Gasteiger charge is -2.35. The summed E-state index contributed by atoms with van der Waals surface area (Å²) in [5.41, 5.74) is -0.385. The largest absolute Gasteiger partial charge is 0.469 e. The van der Waals surface area contributed by atoms with Crippen molar-refractivity contribution in [2.75, 3.05) is 7.11 Å². The molecule has 0 aromatic rings. The first-order valence-electron chi connectivity index (χ1n) is 8.77. The Morgan fingerprint density at radius 2 is 1.91 bits per heavy atom.